The van der Waals surface area contributed by atoms with Gasteiger partial charge in [-0.05, 0) is 31.0 Å². The third-order valence-corrected chi connectivity index (χ3v) is 5.31. The van der Waals surface area contributed by atoms with Crippen LogP contribution in [-0.2, 0) is 10.0 Å². The number of nitrogen functional groups attached to an aromatic ring is 1. The van der Waals surface area contributed by atoms with Crippen LogP contribution in [0.1, 0.15) is 26.7 Å². The lowest BCUT2D eigenvalue weighted by Gasteiger charge is -2.25. The Hall–Kier alpha value is -1.57. The van der Waals surface area contributed by atoms with Gasteiger partial charge in [0.1, 0.15) is 4.90 Å². The Bertz CT molecular complexity index is 733. The molecule has 0 aliphatic carbocycles. The van der Waals surface area contributed by atoms with Crippen LogP contribution in [0.2, 0.25) is 0 Å². The predicted molar refractivity (Wildman–Crippen MR) is 83.4 cm³/mol. The van der Waals surface area contributed by atoms with E-state index in [1.54, 1.807) is 18.2 Å². The van der Waals surface area contributed by atoms with E-state index >= 15 is 0 Å². The number of nitrogens with one attached hydrogen (secondary N) is 2. The lowest BCUT2D eigenvalue weighted by molar-refractivity contribution is 0.0377. The van der Waals surface area contributed by atoms with Crippen LogP contribution in [0.25, 0.3) is 10.9 Å². The van der Waals surface area contributed by atoms with Crippen LogP contribution < -0.4 is 10.5 Å². The van der Waals surface area contributed by atoms with E-state index in [1.165, 1.54) is 6.20 Å². The molecule has 7 heteroatoms. The van der Waals surface area contributed by atoms with Gasteiger partial charge in [-0.15, -0.1) is 0 Å². The largest absolute Gasteiger partial charge is 0.399 e. The van der Waals surface area contributed by atoms with Gasteiger partial charge in [-0.3, -0.25) is 0 Å². The van der Waals surface area contributed by atoms with Crippen molar-refractivity contribution in [2.24, 2.45) is 0 Å². The molecule has 1 aromatic carbocycles. The lowest BCUT2D eigenvalue weighted by Crippen LogP contribution is -2.41. The Labute approximate surface area is 124 Å². The minimum Gasteiger partial charge on any atom is -0.399 e. The highest BCUT2D eigenvalue weighted by atomic mass is 32.2. The average molecular weight is 311 g/mol. The number of sulfonamides is 1. The molecule has 0 unspecified atom stereocenters. The van der Waals surface area contributed by atoms with E-state index in [2.05, 4.69) is 9.71 Å². The van der Waals surface area contributed by atoms with Gasteiger partial charge in [0.25, 0.3) is 0 Å². The average Bonchev–Trinajstić information content (AvgIpc) is 2.88. The summed E-state index contributed by atoms with van der Waals surface area (Å²) in [5.74, 6) is 0. The smallest absolute Gasteiger partial charge is 0.242 e. The number of nitrogens with two attached hydrogens (primary N) is 1. The standard InChI is InChI=1S/C14H21N3O3S/c1-3-14(18,4-2)9-17-21(19,20)13-8-16-12-7-10(15)5-6-11(12)13/h5-8,16-18H,3-4,9,15H2,1-2H3. The molecule has 0 aliphatic rings. The SMILES string of the molecule is CCC(O)(CC)CNS(=O)(=O)c1c[nH]c2cc(N)ccc12. The Kier molecular flexibility index (Phi) is 4.27. The number of benzene rings is 1. The highest BCUT2D eigenvalue weighted by molar-refractivity contribution is 7.89. The Morgan fingerprint density at radius 2 is 2.00 bits per heavy atom. The minimum atomic E-state index is -3.69. The highest BCUT2D eigenvalue weighted by Gasteiger charge is 2.26. The Balaban J connectivity index is 2.30. The van der Waals surface area contributed by atoms with Crippen molar-refractivity contribution in [3.63, 3.8) is 0 Å². The van der Waals surface area contributed by atoms with Gasteiger partial charge >= 0.3 is 0 Å². The molecular formula is C14H21N3O3S. The van der Waals surface area contributed by atoms with Gasteiger partial charge in [0.05, 0.1) is 5.60 Å². The number of hydrogen-bond acceptors (Lipinski definition) is 4. The fraction of sp³-hybridized carbons (Fsp3) is 0.429. The van der Waals surface area contributed by atoms with Crippen LogP contribution in [0.4, 0.5) is 5.69 Å². The number of H-pyrrole nitrogens is 1. The number of hydrogen-bond donors (Lipinski definition) is 4. The molecule has 6 nitrogen and oxygen atoms in total. The monoisotopic (exact) mass is 311 g/mol. The van der Waals surface area contributed by atoms with Crippen molar-refractivity contribution < 1.29 is 13.5 Å². The van der Waals surface area contributed by atoms with Crippen molar-refractivity contribution in [3.8, 4) is 0 Å². The fourth-order valence-electron chi connectivity index (χ4n) is 2.15. The number of aromatic nitrogens is 1. The number of fused-ring (bicyclic) bond motifs is 1. The third kappa shape index (κ3) is 3.20. The summed E-state index contributed by atoms with van der Waals surface area (Å²) in [6.45, 7) is 3.64. The molecule has 0 spiro atoms. The minimum absolute atomic E-state index is 0.00994. The zero-order valence-corrected chi connectivity index (χ0v) is 13.0. The first-order valence-corrected chi connectivity index (χ1v) is 8.38. The third-order valence-electron chi connectivity index (χ3n) is 3.86. The molecule has 5 N–H and O–H groups in total. The first-order chi connectivity index (χ1) is 9.81. The summed E-state index contributed by atoms with van der Waals surface area (Å²) >= 11 is 0. The summed E-state index contributed by atoms with van der Waals surface area (Å²) in [6, 6.07) is 5.01. The molecule has 2 rings (SSSR count). The molecule has 21 heavy (non-hydrogen) atoms. The summed E-state index contributed by atoms with van der Waals surface area (Å²) in [7, 11) is -3.69. The second-order valence-corrected chi connectivity index (χ2v) is 6.95. The first kappa shape index (κ1) is 15.8. The summed E-state index contributed by atoms with van der Waals surface area (Å²) in [6.07, 6.45) is 2.40. The summed E-state index contributed by atoms with van der Waals surface area (Å²) < 4.78 is 27.3. The van der Waals surface area contributed by atoms with Gasteiger partial charge in [-0.2, -0.15) is 0 Å². The molecule has 0 saturated carbocycles. The number of rotatable bonds is 6. The van der Waals surface area contributed by atoms with Crippen LogP contribution in [0.3, 0.4) is 0 Å². The number of aromatic amines is 1. The Morgan fingerprint density at radius 3 is 2.62 bits per heavy atom. The molecule has 116 valence electrons. The second kappa shape index (κ2) is 5.67. The van der Waals surface area contributed by atoms with Crippen molar-refractivity contribution in [2.45, 2.75) is 37.2 Å². The van der Waals surface area contributed by atoms with E-state index in [9.17, 15) is 13.5 Å². The van der Waals surface area contributed by atoms with Crippen molar-refractivity contribution in [2.75, 3.05) is 12.3 Å². The maximum atomic E-state index is 12.4. The van der Waals surface area contributed by atoms with Crippen LogP contribution in [-0.4, -0.2) is 30.7 Å². The van der Waals surface area contributed by atoms with E-state index in [4.69, 9.17) is 5.73 Å². The molecule has 0 amide bonds. The van der Waals surface area contributed by atoms with Crippen molar-refractivity contribution in [1.29, 1.82) is 0 Å². The highest BCUT2D eigenvalue weighted by Crippen LogP contribution is 2.24. The topological polar surface area (TPSA) is 108 Å². The van der Waals surface area contributed by atoms with Crippen molar-refractivity contribution in [3.05, 3.63) is 24.4 Å². The molecule has 2 aromatic rings. The maximum absolute atomic E-state index is 12.4. The van der Waals surface area contributed by atoms with Crippen molar-refractivity contribution in [1.82, 2.24) is 9.71 Å². The van der Waals surface area contributed by atoms with Crippen LogP contribution >= 0.6 is 0 Å². The van der Waals surface area contributed by atoms with Gasteiger partial charge < -0.3 is 15.8 Å². The van der Waals surface area contributed by atoms with E-state index in [1.807, 2.05) is 13.8 Å². The predicted octanol–water partition coefficient (Wildman–Crippen LogP) is 1.58. The number of anilines is 1. The fourth-order valence-corrected chi connectivity index (χ4v) is 3.44. The van der Waals surface area contributed by atoms with Crippen LogP contribution in [0, 0.1) is 0 Å². The Morgan fingerprint density at radius 1 is 1.33 bits per heavy atom. The van der Waals surface area contributed by atoms with Gasteiger partial charge in [0, 0.05) is 29.3 Å². The molecule has 0 fully saturated rings. The molecule has 0 saturated heterocycles. The summed E-state index contributed by atoms with van der Waals surface area (Å²) in [4.78, 5) is 3.06. The van der Waals surface area contributed by atoms with E-state index in [0.29, 0.717) is 29.4 Å². The zero-order valence-electron chi connectivity index (χ0n) is 12.2. The van der Waals surface area contributed by atoms with Crippen LogP contribution in [0.5, 0.6) is 0 Å². The maximum Gasteiger partial charge on any atom is 0.242 e. The molecular weight excluding hydrogens is 290 g/mol. The normalized spacial score (nSPS) is 12.9. The molecule has 0 bridgehead atoms. The van der Waals surface area contributed by atoms with Gasteiger partial charge in [-0.1, -0.05) is 13.8 Å². The first-order valence-electron chi connectivity index (χ1n) is 6.90. The van der Waals surface area contributed by atoms with E-state index in [0.717, 1.165) is 0 Å². The second-order valence-electron chi connectivity index (χ2n) is 5.21. The molecule has 0 radical (unpaired) electrons. The van der Waals surface area contributed by atoms with Crippen LogP contribution in [0.15, 0.2) is 29.3 Å². The molecule has 0 atom stereocenters. The van der Waals surface area contributed by atoms with E-state index < -0.39 is 15.6 Å². The summed E-state index contributed by atoms with van der Waals surface area (Å²) in [5, 5.41) is 10.8. The van der Waals surface area contributed by atoms with Gasteiger partial charge in [-0.25, -0.2) is 13.1 Å². The quantitative estimate of drug-likeness (QED) is 0.607. The molecule has 1 aromatic heterocycles. The van der Waals surface area contributed by atoms with Gasteiger partial charge in [0.15, 0.2) is 0 Å². The molecule has 0 aliphatic heterocycles. The lowest BCUT2D eigenvalue weighted by atomic mass is 9.98. The summed E-state index contributed by atoms with van der Waals surface area (Å²) in [5.41, 5.74) is 5.88. The van der Waals surface area contributed by atoms with Crippen molar-refractivity contribution >= 4 is 26.6 Å². The number of aliphatic hydroxyl groups is 1. The zero-order chi connectivity index (χ0) is 15.7. The molecule has 1 heterocycles. The van der Waals surface area contributed by atoms with Gasteiger partial charge in [0.2, 0.25) is 10.0 Å². The van der Waals surface area contributed by atoms with E-state index in [-0.39, 0.29) is 11.4 Å².